The van der Waals surface area contributed by atoms with Crippen LogP contribution in [0.1, 0.15) is 29.8 Å². The van der Waals surface area contributed by atoms with Gasteiger partial charge in [0.2, 0.25) is 5.91 Å². The lowest BCUT2D eigenvalue weighted by Crippen LogP contribution is -2.33. The van der Waals surface area contributed by atoms with Crippen LogP contribution < -0.4 is 0 Å². The Morgan fingerprint density at radius 2 is 1.62 bits per heavy atom. The molecule has 0 aliphatic rings. The maximum Gasteiger partial charge on any atom is 0.245 e. The highest BCUT2D eigenvalue weighted by Gasteiger charge is 2.23. The molecule has 0 heterocycles. The van der Waals surface area contributed by atoms with Gasteiger partial charge >= 0.3 is 0 Å². The quantitative estimate of drug-likeness (QED) is 0.724. The predicted molar refractivity (Wildman–Crippen MR) is 87.2 cm³/mol. The third-order valence-electron chi connectivity index (χ3n) is 3.33. The van der Waals surface area contributed by atoms with Gasteiger partial charge in [0.1, 0.15) is 5.38 Å². The summed E-state index contributed by atoms with van der Waals surface area (Å²) in [5, 5.41) is -0.624. The molecular formula is C18H20ClNO. The summed E-state index contributed by atoms with van der Waals surface area (Å²) in [6.45, 7) is 3.38. The number of halogens is 1. The molecule has 0 radical (unpaired) electrons. The molecule has 2 nitrogen and oxygen atoms in total. The van der Waals surface area contributed by atoms with Gasteiger partial charge in [-0.15, -0.1) is 11.6 Å². The van der Waals surface area contributed by atoms with Gasteiger partial charge in [0.25, 0.3) is 0 Å². The molecule has 110 valence electrons. The number of benzene rings is 2. The molecule has 0 aliphatic heterocycles. The minimum Gasteiger partial charge on any atom is -0.337 e. The number of carbonyl (C=O) groups excluding carboxylic acids is 1. The van der Waals surface area contributed by atoms with Crippen LogP contribution in [0.4, 0.5) is 0 Å². The van der Waals surface area contributed by atoms with Crippen molar-refractivity contribution in [3.05, 3.63) is 71.8 Å². The monoisotopic (exact) mass is 301 g/mol. The summed E-state index contributed by atoms with van der Waals surface area (Å²) >= 11 is 6.36. The second-order valence-corrected chi connectivity index (χ2v) is 5.46. The van der Waals surface area contributed by atoms with Crippen LogP contribution >= 0.6 is 11.6 Å². The third kappa shape index (κ3) is 4.33. The fourth-order valence-corrected chi connectivity index (χ4v) is 2.55. The fraction of sp³-hybridized carbons (Fsp3) is 0.278. The Bertz CT molecular complexity index is 556. The molecule has 0 fully saturated rings. The Morgan fingerprint density at radius 3 is 2.19 bits per heavy atom. The molecule has 21 heavy (non-hydrogen) atoms. The second-order valence-electron chi connectivity index (χ2n) is 5.02. The SMILES string of the molecule is CCCN(Cc1ccccc1)C(=O)C(Cl)c1ccccc1. The van der Waals surface area contributed by atoms with E-state index in [1.165, 1.54) is 0 Å². The largest absolute Gasteiger partial charge is 0.337 e. The van der Waals surface area contributed by atoms with Crippen molar-refractivity contribution in [3.8, 4) is 0 Å². The number of rotatable bonds is 6. The number of hydrogen-bond donors (Lipinski definition) is 0. The van der Waals surface area contributed by atoms with Crippen LogP contribution in [0.3, 0.4) is 0 Å². The van der Waals surface area contributed by atoms with Crippen LogP contribution in [-0.4, -0.2) is 17.4 Å². The smallest absolute Gasteiger partial charge is 0.245 e. The molecule has 1 unspecified atom stereocenters. The van der Waals surface area contributed by atoms with Gasteiger partial charge in [0.15, 0.2) is 0 Å². The molecule has 0 saturated heterocycles. The van der Waals surface area contributed by atoms with Gasteiger partial charge < -0.3 is 4.90 Å². The van der Waals surface area contributed by atoms with Crippen LogP contribution in [0.2, 0.25) is 0 Å². The molecule has 0 bridgehead atoms. The Morgan fingerprint density at radius 1 is 1.05 bits per heavy atom. The highest BCUT2D eigenvalue weighted by atomic mass is 35.5. The average molecular weight is 302 g/mol. The molecule has 0 saturated carbocycles. The van der Waals surface area contributed by atoms with Crippen LogP contribution in [0, 0.1) is 0 Å². The average Bonchev–Trinajstić information content (AvgIpc) is 2.55. The Kier molecular flexibility index (Phi) is 5.82. The van der Waals surface area contributed by atoms with Crippen molar-refractivity contribution in [2.45, 2.75) is 25.3 Å². The van der Waals surface area contributed by atoms with Crippen LogP contribution in [0.25, 0.3) is 0 Å². The van der Waals surface area contributed by atoms with E-state index in [-0.39, 0.29) is 5.91 Å². The molecule has 2 aromatic rings. The second kappa shape index (κ2) is 7.84. The van der Waals surface area contributed by atoms with Crippen molar-refractivity contribution in [2.75, 3.05) is 6.54 Å². The standard InChI is InChI=1S/C18H20ClNO/c1-2-13-20(14-15-9-5-3-6-10-15)18(21)17(19)16-11-7-4-8-12-16/h3-12,17H,2,13-14H2,1H3. The molecule has 2 rings (SSSR count). The van der Waals surface area contributed by atoms with Crippen LogP contribution in [0.15, 0.2) is 60.7 Å². The minimum absolute atomic E-state index is 0.0337. The van der Waals surface area contributed by atoms with Crippen LogP contribution in [0.5, 0.6) is 0 Å². The number of hydrogen-bond acceptors (Lipinski definition) is 1. The van der Waals surface area contributed by atoms with Crippen molar-refractivity contribution < 1.29 is 4.79 Å². The van der Waals surface area contributed by atoms with Gasteiger partial charge in [-0.3, -0.25) is 4.79 Å². The zero-order valence-corrected chi connectivity index (χ0v) is 13.0. The first kappa shape index (κ1) is 15.6. The maximum absolute atomic E-state index is 12.6. The molecule has 3 heteroatoms. The molecule has 0 spiro atoms. The van der Waals surface area contributed by atoms with Crippen molar-refractivity contribution in [2.24, 2.45) is 0 Å². The Hall–Kier alpha value is -1.80. The number of alkyl halides is 1. The summed E-state index contributed by atoms with van der Waals surface area (Å²) in [5.41, 5.74) is 1.97. The van der Waals surface area contributed by atoms with Crippen molar-refractivity contribution >= 4 is 17.5 Å². The summed E-state index contributed by atoms with van der Waals surface area (Å²) in [7, 11) is 0. The molecule has 2 aromatic carbocycles. The lowest BCUT2D eigenvalue weighted by molar-refractivity contribution is -0.131. The Balaban J connectivity index is 2.12. The van der Waals surface area contributed by atoms with Gasteiger partial charge in [-0.05, 0) is 17.5 Å². The van der Waals surface area contributed by atoms with Gasteiger partial charge in [-0.1, -0.05) is 67.6 Å². The first-order chi connectivity index (χ1) is 10.2. The number of nitrogens with zero attached hydrogens (tertiary/aromatic N) is 1. The molecular weight excluding hydrogens is 282 g/mol. The highest BCUT2D eigenvalue weighted by Crippen LogP contribution is 2.23. The fourth-order valence-electron chi connectivity index (χ4n) is 2.27. The van der Waals surface area contributed by atoms with E-state index in [0.717, 1.165) is 17.5 Å². The summed E-state index contributed by atoms with van der Waals surface area (Å²) in [6, 6.07) is 19.5. The molecule has 1 amide bonds. The predicted octanol–water partition coefficient (Wildman–Crippen LogP) is 4.41. The van der Waals surface area contributed by atoms with Crippen LogP contribution in [-0.2, 0) is 11.3 Å². The third-order valence-corrected chi connectivity index (χ3v) is 3.77. The molecule has 0 aliphatic carbocycles. The van der Waals surface area contributed by atoms with E-state index in [1.807, 2.05) is 65.6 Å². The first-order valence-electron chi connectivity index (χ1n) is 7.24. The summed E-state index contributed by atoms with van der Waals surface area (Å²) < 4.78 is 0. The zero-order chi connectivity index (χ0) is 15.1. The van der Waals surface area contributed by atoms with Gasteiger partial charge in [0.05, 0.1) is 0 Å². The van der Waals surface area contributed by atoms with E-state index in [1.54, 1.807) is 0 Å². The number of carbonyl (C=O) groups is 1. The van der Waals surface area contributed by atoms with E-state index in [2.05, 4.69) is 6.92 Å². The summed E-state index contributed by atoms with van der Waals surface area (Å²) in [5.74, 6) is -0.0337. The van der Waals surface area contributed by atoms with E-state index in [9.17, 15) is 4.79 Å². The zero-order valence-electron chi connectivity index (χ0n) is 12.2. The van der Waals surface area contributed by atoms with E-state index in [0.29, 0.717) is 13.1 Å². The summed E-state index contributed by atoms with van der Waals surface area (Å²) in [6.07, 6.45) is 0.914. The van der Waals surface area contributed by atoms with E-state index < -0.39 is 5.38 Å². The van der Waals surface area contributed by atoms with Crippen molar-refractivity contribution in [3.63, 3.8) is 0 Å². The van der Waals surface area contributed by atoms with Gasteiger partial charge in [-0.2, -0.15) is 0 Å². The minimum atomic E-state index is -0.624. The topological polar surface area (TPSA) is 20.3 Å². The summed E-state index contributed by atoms with van der Waals surface area (Å²) in [4.78, 5) is 14.5. The Labute approximate surface area is 131 Å². The first-order valence-corrected chi connectivity index (χ1v) is 7.67. The van der Waals surface area contributed by atoms with Gasteiger partial charge in [-0.25, -0.2) is 0 Å². The molecule has 1 atom stereocenters. The number of amides is 1. The van der Waals surface area contributed by atoms with E-state index >= 15 is 0 Å². The maximum atomic E-state index is 12.6. The highest BCUT2D eigenvalue weighted by molar-refractivity contribution is 6.30. The van der Waals surface area contributed by atoms with E-state index in [4.69, 9.17) is 11.6 Å². The molecule has 0 aromatic heterocycles. The molecule has 0 N–H and O–H groups in total. The van der Waals surface area contributed by atoms with Crippen molar-refractivity contribution in [1.29, 1.82) is 0 Å². The lowest BCUT2D eigenvalue weighted by atomic mass is 10.1. The normalized spacial score (nSPS) is 11.9. The van der Waals surface area contributed by atoms with Gasteiger partial charge in [0, 0.05) is 13.1 Å². The lowest BCUT2D eigenvalue weighted by Gasteiger charge is -2.25. The van der Waals surface area contributed by atoms with Crippen molar-refractivity contribution in [1.82, 2.24) is 4.90 Å².